The molecule has 0 amide bonds. The molecular formula is C14H20N4O2S. The third-order valence-electron chi connectivity index (χ3n) is 3.54. The second-order valence-corrected chi connectivity index (χ2v) is 6.73. The Hall–Kier alpha value is -1.86. The van der Waals surface area contributed by atoms with E-state index in [0.717, 1.165) is 11.4 Å². The van der Waals surface area contributed by atoms with Crippen molar-refractivity contribution in [1.29, 1.82) is 0 Å². The topological polar surface area (TPSA) is 90.0 Å². The smallest absolute Gasteiger partial charge is 0.242 e. The van der Waals surface area contributed by atoms with E-state index in [1.165, 1.54) is 0 Å². The molecule has 114 valence electrons. The predicted octanol–water partition coefficient (Wildman–Crippen LogP) is 1.14. The molecule has 1 aromatic carbocycles. The standard InChI is InChI=1S/C14H20N4O2S/c1-10-4-5-12(15)14(11(10)2)21(19,20)17-7-6-13-16-8-9-18(13)3/h4-5,8-9,17H,6-7,15H2,1-3H3. The van der Waals surface area contributed by atoms with Gasteiger partial charge in [0, 0.05) is 32.4 Å². The summed E-state index contributed by atoms with van der Waals surface area (Å²) >= 11 is 0. The van der Waals surface area contributed by atoms with Crippen LogP contribution in [-0.4, -0.2) is 24.5 Å². The minimum atomic E-state index is -3.62. The van der Waals surface area contributed by atoms with Gasteiger partial charge in [-0.2, -0.15) is 0 Å². The molecule has 3 N–H and O–H groups in total. The molecule has 7 heteroatoms. The van der Waals surface area contributed by atoms with Crippen LogP contribution in [0.4, 0.5) is 5.69 Å². The third kappa shape index (κ3) is 3.25. The van der Waals surface area contributed by atoms with Crippen molar-refractivity contribution in [3.05, 3.63) is 41.5 Å². The van der Waals surface area contributed by atoms with Crippen LogP contribution in [0.1, 0.15) is 17.0 Å². The number of nitrogens with zero attached hydrogens (tertiary/aromatic N) is 2. The molecule has 2 rings (SSSR count). The van der Waals surface area contributed by atoms with E-state index in [9.17, 15) is 8.42 Å². The van der Waals surface area contributed by atoms with E-state index in [1.54, 1.807) is 19.2 Å². The minimum Gasteiger partial charge on any atom is -0.398 e. The highest BCUT2D eigenvalue weighted by Crippen LogP contribution is 2.24. The van der Waals surface area contributed by atoms with Gasteiger partial charge >= 0.3 is 0 Å². The van der Waals surface area contributed by atoms with Crippen LogP contribution >= 0.6 is 0 Å². The van der Waals surface area contributed by atoms with Gasteiger partial charge < -0.3 is 10.3 Å². The molecule has 0 radical (unpaired) electrons. The number of rotatable bonds is 5. The van der Waals surface area contributed by atoms with Gasteiger partial charge in [-0.25, -0.2) is 18.1 Å². The van der Waals surface area contributed by atoms with Crippen molar-refractivity contribution in [2.75, 3.05) is 12.3 Å². The first-order valence-electron chi connectivity index (χ1n) is 6.64. The first-order valence-corrected chi connectivity index (χ1v) is 8.13. The van der Waals surface area contributed by atoms with E-state index in [4.69, 9.17) is 5.73 Å². The number of imidazole rings is 1. The first-order chi connectivity index (χ1) is 9.83. The summed E-state index contributed by atoms with van der Waals surface area (Å²) in [6.45, 7) is 3.90. The Labute approximate surface area is 125 Å². The normalized spacial score (nSPS) is 11.8. The maximum Gasteiger partial charge on any atom is 0.242 e. The fourth-order valence-corrected chi connectivity index (χ4v) is 3.63. The zero-order valence-corrected chi connectivity index (χ0v) is 13.2. The molecule has 6 nitrogen and oxygen atoms in total. The van der Waals surface area contributed by atoms with Crippen LogP contribution in [-0.2, 0) is 23.5 Å². The highest BCUT2D eigenvalue weighted by molar-refractivity contribution is 7.89. The zero-order valence-electron chi connectivity index (χ0n) is 12.4. The molecule has 2 aromatic rings. The lowest BCUT2D eigenvalue weighted by atomic mass is 10.1. The third-order valence-corrected chi connectivity index (χ3v) is 5.20. The Bertz CT molecular complexity index is 750. The van der Waals surface area contributed by atoms with Crippen molar-refractivity contribution in [1.82, 2.24) is 14.3 Å². The summed E-state index contributed by atoms with van der Waals surface area (Å²) < 4.78 is 29.3. The number of anilines is 1. The van der Waals surface area contributed by atoms with Crippen molar-refractivity contribution in [2.45, 2.75) is 25.2 Å². The van der Waals surface area contributed by atoms with Crippen molar-refractivity contribution in [2.24, 2.45) is 7.05 Å². The van der Waals surface area contributed by atoms with Gasteiger partial charge in [0.2, 0.25) is 10.0 Å². The Balaban J connectivity index is 2.16. The average molecular weight is 308 g/mol. The van der Waals surface area contributed by atoms with Gasteiger partial charge in [0.25, 0.3) is 0 Å². The van der Waals surface area contributed by atoms with Gasteiger partial charge in [-0.15, -0.1) is 0 Å². The number of nitrogen functional groups attached to an aromatic ring is 1. The van der Waals surface area contributed by atoms with Crippen molar-refractivity contribution in [3.63, 3.8) is 0 Å². The quantitative estimate of drug-likeness (QED) is 0.811. The van der Waals surface area contributed by atoms with Crippen molar-refractivity contribution >= 4 is 15.7 Å². The monoisotopic (exact) mass is 308 g/mol. The molecule has 0 bridgehead atoms. The summed E-state index contributed by atoms with van der Waals surface area (Å²) in [4.78, 5) is 4.33. The maximum atomic E-state index is 12.4. The zero-order chi connectivity index (χ0) is 15.6. The van der Waals surface area contributed by atoms with Crippen LogP contribution in [0.3, 0.4) is 0 Å². The maximum absolute atomic E-state index is 12.4. The molecule has 0 atom stereocenters. The molecule has 0 fully saturated rings. The lowest BCUT2D eigenvalue weighted by Gasteiger charge is -2.13. The fourth-order valence-electron chi connectivity index (χ4n) is 2.17. The van der Waals surface area contributed by atoms with Gasteiger partial charge in [0.15, 0.2) is 0 Å². The Morgan fingerprint density at radius 2 is 2.05 bits per heavy atom. The lowest BCUT2D eigenvalue weighted by Crippen LogP contribution is -2.28. The molecule has 1 aromatic heterocycles. The number of hydrogen-bond acceptors (Lipinski definition) is 4. The van der Waals surface area contributed by atoms with Gasteiger partial charge in [-0.05, 0) is 31.0 Å². The molecule has 0 aliphatic heterocycles. The molecule has 0 aliphatic rings. The molecule has 1 heterocycles. The fraction of sp³-hybridized carbons (Fsp3) is 0.357. The molecular weight excluding hydrogens is 288 g/mol. The van der Waals surface area contributed by atoms with E-state index >= 15 is 0 Å². The van der Waals surface area contributed by atoms with Crippen molar-refractivity contribution < 1.29 is 8.42 Å². The molecule has 0 unspecified atom stereocenters. The van der Waals surface area contributed by atoms with E-state index in [2.05, 4.69) is 9.71 Å². The summed E-state index contributed by atoms with van der Waals surface area (Å²) in [6.07, 6.45) is 4.03. The second kappa shape index (κ2) is 5.87. The van der Waals surface area contributed by atoms with Crippen LogP contribution in [0.2, 0.25) is 0 Å². The summed E-state index contributed by atoms with van der Waals surface area (Å²) in [5.74, 6) is 0.826. The van der Waals surface area contributed by atoms with E-state index in [-0.39, 0.29) is 17.1 Å². The first kappa shape index (κ1) is 15.5. The van der Waals surface area contributed by atoms with E-state index in [1.807, 2.05) is 30.8 Å². The number of aromatic nitrogens is 2. The summed E-state index contributed by atoms with van der Waals surface area (Å²) in [7, 11) is -1.75. The van der Waals surface area contributed by atoms with Crippen LogP contribution < -0.4 is 10.5 Å². The van der Waals surface area contributed by atoms with Gasteiger partial charge in [-0.1, -0.05) is 6.07 Å². The average Bonchev–Trinajstić information content (AvgIpc) is 2.80. The number of aryl methyl sites for hydroxylation is 2. The van der Waals surface area contributed by atoms with Crippen LogP contribution in [0, 0.1) is 13.8 Å². The molecule has 21 heavy (non-hydrogen) atoms. The summed E-state index contributed by atoms with van der Waals surface area (Å²) in [5, 5.41) is 0. The number of hydrogen-bond donors (Lipinski definition) is 2. The molecule has 0 saturated heterocycles. The van der Waals surface area contributed by atoms with Crippen molar-refractivity contribution in [3.8, 4) is 0 Å². The summed E-state index contributed by atoms with van der Waals surface area (Å²) in [6, 6.07) is 3.44. The van der Waals surface area contributed by atoms with E-state index < -0.39 is 10.0 Å². The second-order valence-electron chi connectivity index (χ2n) is 5.03. The Kier molecular flexibility index (Phi) is 4.34. The van der Waals surface area contributed by atoms with Gasteiger partial charge in [0.1, 0.15) is 10.7 Å². The molecule has 0 spiro atoms. The lowest BCUT2D eigenvalue weighted by molar-refractivity contribution is 0.579. The predicted molar refractivity (Wildman–Crippen MR) is 82.4 cm³/mol. The molecule has 0 aliphatic carbocycles. The summed E-state index contributed by atoms with van der Waals surface area (Å²) in [5.41, 5.74) is 7.67. The highest BCUT2D eigenvalue weighted by atomic mass is 32.2. The minimum absolute atomic E-state index is 0.169. The van der Waals surface area contributed by atoms with Crippen LogP contribution in [0.15, 0.2) is 29.4 Å². The van der Waals surface area contributed by atoms with Gasteiger partial charge in [-0.3, -0.25) is 0 Å². The molecule has 0 saturated carbocycles. The number of benzene rings is 1. The number of sulfonamides is 1. The number of nitrogens with two attached hydrogens (primary N) is 1. The Morgan fingerprint density at radius 1 is 1.33 bits per heavy atom. The highest BCUT2D eigenvalue weighted by Gasteiger charge is 2.20. The van der Waals surface area contributed by atoms with Crippen LogP contribution in [0.25, 0.3) is 0 Å². The van der Waals surface area contributed by atoms with E-state index in [0.29, 0.717) is 12.0 Å². The largest absolute Gasteiger partial charge is 0.398 e. The number of nitrogens with one attached hydrogen (secondary N) is 1. The van der Waals surface area contributed by atoms with Gasteiger partial charge in [0.05, 0.1) is 5.69 Å². The Morgan fingerprint density at radius 3 is 2.67 bits per heavy atom. The van der Waals surface area contributed by atoms with Crippen LogP contribution in [0.5, 0.6) is 0 Å². The SMILES string of the molecule is Cc1ccc(N)c(S(=O)(=O)NCCc2nccn2C)c1C.